The molecule has 0 atom stereocenters. The van der Waals surface area contributed by atoms with Crippen molar-refractivity contribution in [2.75, 3.05) is 0 Å². The third-order valence-corrected chi connectivity index (χ3v) is 4.54. The lowest BCUT2D eigenvalue weighted by Crippen LogP contribution is -2.21. The van der Waals surface area contributed by atoms with E-state index in [-0.39, 0.29) is 6.54 Å². The van der Waals surface area contributed by atoms with Gasteiger partial charge in [0.05, 0.1) is 6.54 Å². The molecule has 2 rings (SSSR count). The lowest BCUT2D eigenvalue weighted by atomic mass is 10.2. The van der Waals surface area contributed by atoms with E-state index in [0.29, 0.717) is 21.8 Å². The molecule has 0 aromatic heterocycles. The normalized spacial score (nSPS) is 10.3. The van der Waals surface area contributed by atoms with Gasteiger partial charge in [0, 0.05) is 20.0 Å². The van der Waals surface area contributed by atoms with Crippen LogP contribution in [0.25, 0.3) is 0 Å². The van der Waals surface area contributed by atoms with Crippen LogP contribution in [0.1, 0.15) is 15.9 Å². The number of halogens is 2. The minimum absolute atomic E-state index is 0.162. The van der Waals surface area contributed by atoms with Crippen molar-refractivity contribution >= 4 is 51.9 Å². The van der Waals surface area contributed by atoms with Crippen LogP contribution in [0.5, 0.6) is 0 Å². The lowest BCUT2D eigenvalue weighted by Gasteiger charge is -2.18. The number of carbonyl (C=O) groups excluding carboxylic acids is 1. The van der Waals surface area contributed by atoms with Gasteiger partial charge in [-0.1, -0.05) is 39.7 Å². The standard InChI is InChI=1S/C15H11BrClNO3S/c16-12-4-5-14(11(7-12)9-19)22-18(15(20)21)8-10-2-1-3-13(17)6-10/h1-7,9H,8H2,(H,20,21). The van der Waals surface area contributed by atoms with Crippen LogP contribution < -0.4 is 0 Å². The molecule has 1 N–H and O–H groups in total. The number of carboxylic acid groups (broad SMARTS) is 1. The van der Waals surface area contributed by atoms with Crippen LogP contribution in [0.3, 0.4) is 0 Å². The second-order valence-electron chi connectivity index (χ2n) is 4.34. The Hall–Kier alpha value is -1.50. The van der Waals surface area contributed by atoms with E-state index < -0.39 is 6.09 Å². The molecule has 0 unspecified atom stereocenters. The van der Waals surface area contributed by atoms with Crippen molar-refractivity contribution in [1.29, 1.82) is 0 Å². The molecule has 0 aliphatic rings. The summed E-state index contributed by atoms with van der Waals surface area (Å²) in [5.41, 5.74) is 1.20. The number of amides is 1. The number of rotatable bonds is 5. The van der Waals surface area contributed by atoms with Gasteiger partial charge in [0.2, 0.25) is 0 Å². The summed E-state index contributed by atoms with van der Waals surface area (Å²) >= 11 is 10.2. The molecule has 2 aromatic carbocycles. The predicted octanol–water partition coefficient (Wildman–Crippen LogP) is 5.10. The van der Waals surface area contributed by atoms with Crippen LogP contribution in [0.2, 0.25) is 5.02 Å². The quantitative estimate of drug-likeness (QED) is 0.560. The topological polar surface area (TPSA) is 57.6 Å². The summed E-state index contributed by atoms with van der Waals surface area (Å²) in [6.45, 7) is 0.162. The highest BCUT2D eigenvalue weighted by molar-refractivity contribution is 9.10. The minimum atomic E-state index is -1.09. The van der Waals surface area contributed by atoms with Gasteiger partial charge in [-0.2, -0.15) is 0 Å². The summed E-state index contributed by atoms with van der Waals surface area (Å²) in [4.78, 5) is 23.1. The van der Waals surface area contributed by atoms with Crippen molar-refractivity contribution in [3.05, 3.63) is 63.1 Å². The van der Waals surface area contributed by atoms with Crippen molar-refractivity contribution in [3.63, 3.8) is 0 Å². The summed E-state index contributed by atoms with van der Waals surface area (Å²) in [5.74, 6) is 0. The molecule has 0 aliphatic carbocycles. The van der Waals surface area contributed by atoms with E-state index in [1.54, 1.807) is 42.5 Å². The highest BCUT2D eigenvalue weighted by Gasteiger charge is 2.16. The fourth-order valence-electron chi connectivity index (χ4n) is 1.75. The molecule has 114 valence electrons. The van der Waals surface area contributed by atoms with E-state index in [2.05, 4.69) is 15.9 Å². The Labute approximate surface area is 145 Å². The van der Waals surface area contributed by atoms with Gasteiger partial charge in [-0.05, 0) is 47.8 Å². The average Bonchev–Trinajstić information content (AvgIpc) is 2.48. The minimum Gasteiger partial charge on any atom is -0.464 e. The highest BCUT2D eigenvalue weighted by atomic mass is 79.9. The number of hydrogen-bond donors (Lipinski definition) is 1. The van der Waals surface area contributed by atoms with Gasteiger partial charge >= 0.3 is 6.09 Å². The lowest BCUT2D eigenvalue weighted by molar-refractivity contribution is 0.112. The first-order valence-electron chi connectivity index (χ1n) is 6.17. The molecule has 7 heteroatoms. The molecule has 0 fully saturated rings. The molecular formula is C15H11BrClNO3S. The smallest absolute Gasteiger partial charge is 0.418 e. The fourth-order valence-corrected chi connectivity index (χ4v) is 3.22. The van der Waals surface area contributed by atoms with Gasteiger partial charge < -0.3 is 5.11 Å². The van der Waals surface area contributed by atoms with Crippen molar-refractivity contribution < 1.29 is 14.7 Å². The molecule has 0 spiro atoms. The molecule has 0 aliphatic heterocycles. The van der Waals surface area contributed by atoms with Gasteiger partial charge in [0.15, 0.2) is 6.29 Å². The van der Waals surface area contributed by atoms with Gasteiger partial charge in [-0.25, -0.2) is 9.10 Å². The Balaban J connectivity index is 2.22. The van der Waals surface area contributed by atoms with E-state index >= 15 is 0 Å². The number of carbonyl (C=O) groups is 2. The summed E-state index contributed by atoms with van der Waals surface area (Å²) in [5, 5.41) is 9.90. The number of aldehydes is 1. The summed E-state index contributed by atoms with van der Waals surface area (Å²) in [7, 11) is 0. The molecule has 0 heterocycles. The third-order valence-electron chi connectivity index (χ3n) is 2.74. The Morgan fingerprint density at radius 2 is 2.09 bits per heavy atom. The number of benzene rings is 2. The van der Waals surface area contributed by atoms with Crippen molar-refractivity contribution in [3.8, 4) is 0 Å². The van der Waals surface area contributed by atoms with Crippen LogP contribution in [-0.4, -0.2) is 21.8 Å². The van der Waals surface area contributed by atoms with Gasteiger partial charge in [0.1, 0.15) is 0 Å². The van der Waals surface area contributed by atoms with Crippen LogP contribution in [0.4, 0.5) is 4.79 Å². The molecule has 1 amide bonds. The number of hydrogen-bond acceptors (Lipinski definition) is 3. The maximum Gasteiger partial charge on any atom is 0.418 e. The second kappa shape index (κ2) is 7.67. The molecule has 4 nitrogen and oxygen atoms in total. The SMILES string of the molecule is O=Cc1cc(Br)ccc1SN(Cc1cccc(Cl)c1)C(=O)O. The summed E-state index contributed by atoms with van der Waals surface area (Å²) in [6.07, 6.45) is -0.392. The zero-order chi connectivity index (χ0) is 16.1. The molecule has 0 saturated carbocycles. The van der Waals surface area contributed by atoms with E-state index in [1.165, 1.54) is 0 Å². The Kier molecular flexibility index (Phi) is 5.88. The fraction of sp³-hybridized carbons (Fsp3) is 0.0667. The van der Waals surface area contributed by atoms with Crippen LogP contribution in [0, 0.1) is 0 Å². The molecule has 2 aromatic rings. The van der Waals surface area contributed by atoms with Gasteiger partial charge in [0.25, 0.3) is 0 Å². The first-order chi connectivity index (χ1) is 10.5. The van der Waals surface area contributed by atoms with Crippen molar-refractivity contribution in [2.24, 2.45) is 0 Å². The van der Waals surface area contributed by atoms with Gasteiger partial charge in [-0.15, -0.1) is 0 Å². The third kappa shape index (κ3) is 4.50. The zero-order valence-corrected chi connectivity index (χ0v) is 14.4. The first-order valence-corrected chi connectivity index (χ1v) is 8.11. The maximum absolute atomic E-state index is 11.4. The Morgan fingerprint density at radius 1 is 1.32 bits per heavy atom. The highest BCUT2D eigenvalue weighted by Crippen LogP contribution is 2.29. The second-order valence-corrected chi connectivity index (χ2v) is 6.76. The van der Waals surface area contributed by atoms with Crippen molar-refractivity contribution in [2.45, 2.75) is 11.4 Å². The van der Waals surface area contributed by atoms with E-state index in [0.717, 1.165) is 26.3 Å². The largest absolute Gasteiger partial charge is 0.464 e. The van der Waals surface area contributed by atoms with Crippen LogP contribution >= 0.6 is 39.5 Å². The van der Waals surface area contributed by atoms with Gasteiger partial charge in [-0.3, -0.25) is 4.79 Å². The van der Waals surface area contributed by atoms with Crippen LogP contribution in [-0.2, 0) is 6.54 Å². The molecule has 22 heavy (non-hydrogen) atoms. The maximum atomic E-state index is 11.4. The van der Waals surface area contributed by atoms with Crippen LogP contribution in [0.15, 0.2) is 51.8 Å². The van der Waals surface area contributed by atoms with E-state index in [1.807, 2.05) is 0 Å². The number of nitrogens with zero attached hydrogens (tertiary/aromatic N) is 1. The summed E-state index contributed by atoms with van der Waals surface area (Å²) < 4.78 is 1.91. The summed E-state index contributed by atoms with van der Waals surface area (Å²) in [6, 6.07) is 12.1. The average molecular weight is 401 g/mol. The first kappa shape index (κ1) is 16.9. The Morgan fingerprint density at radius 3 is 2.73 bits per heavy atom. The molecule has 0 bridgehead atoms. The van der Waals surface area contributed by atoms with E-state index in [9.17, 15) is 14.7 Å². The molecule has 0 radical (unpaired) electrons. The van der Waals surface area contributed by atoms with Crippen molar-refractivity contribution in [1.82, 2.24) is 4.31 Å². The predicted molar refractivity (Wildman–Crippen MR) is 90.4 cm³/mol. The van der Waals surface area contributed by atoms with E-state index in [4.69, 9.17) is 11.6 Å². The molecular weight excluding hydrogens is 390 g/mol. The molecule has 0 saturated heterocycles. The Bertz CT molecular complexity index is 711. The monoisotopic (exact) mass is 399 g/mol. The zero-order valence-electron chi connectivity index (χ0n) is 11.2.